The van der Waals surface area contributed by atoms with Crippen molar-refractivity contribution in [2.45, 2.75) is 38.3 Å². The van der Waals surface area contributed by atoms with Crippen LogP contribution in [0.2, 0.25) is 0 Å². The molecule has 20 heavy (non-hydrogen) atoms. The first-order chi connectivity index (χ1) is 9.37. The Hall–Kier alpha value is -0.820. The standard InChI is InChI=1S/C13H22F3NO3/c14-13(15,16)10-20-9-1-6-17-7-4-11(5-8-17)2-3-12(18)19/h11H,1-10H2,(H,18,19). The van der Waals surface area contributed by atoms with Crippen molar-refractivity contribution in [1.82, 2.24) is 4.90 Å². The quantitative estimate of drug-likeness (QED) is 0.700. The van der Waals surface area contributed by atoms with E-state index in [1.807, 2.05) is 0 Å². The van der Waals surface area contributed by atoms with Crippen molar-refractivity contribution in [3.63, 3.8) is 0 Å². The number of nitrogens with zero attached hydrogens (tertiary/aromatic N) is 1. The van der Waals surface area contributed by atoms with Gasteiger partial charge in [0.2, 0.25) is 0 Å². The highest BCUT2D eigenvalue weighted by atomic mass is 19.4. The Kier molecular flexibility index (Phi) is 7.29. The Labute approximate surface area is 116 Å². The van der Waals surface area contributed by atoms with Gasteiger partial charge in [0.05, 0.1) is 0 Å². The summed E-state index contributed by atoms with van der Waals surface area (Å²) in [5, 5.41) is 8.62. The number of carbonyl (C=O) groups is 1. The van der Waals surface area contributed by atoms with Gasteiger partial charge >= 0.3 is 12.1 Å². The SMILES string of the molecule is O=C(O)CCC1CCN(CCCOCC(F)(F)F)CC1. The third-order valence-electron chi connectivity index (χ3n) is 3.50. The molecule has 0 aromatic carbocycles. The van der Waals surface area contributed by atoms with Crippen molar-refractivity contribution in [3.05, 3.63) is 0 Å². The highest BCUT2D eigenvalue weighted by molar-refractivity contribution is 5.66. The molecule has 1 aliphatic heterocycles. The summed E-state index contributed by atoms with van der Waals surface area (Å²) in [7, 11) is 0. The lowest BCUT2D eigenvalue weighted by Gasteiger charge is -2.31. The van der Waals surface area contributed by atoms with Crippen LogP contribution in [0.1, 0.15) is 32.1 Å². The molecular formula is C13H22F3NO3. The zero-order valence-electron chi connectivity index (χ0n) is 11.5. The van der Waals surface area contributed by atoms with E-state index >= 15 is 0 Å². The zero-order chi connectivity index (χ0) is 15.0. The van der Waals surface area contributed by atoms with Crippen molar-refractivity contribution < 1.29 is 27.8 Å². The molecule has 0 aromatic rings. The Bertz CT molecular complexity index is 289. The molecule has 0 radical (unpaired) electrons. The van der Waals surface area contributed by atoms with Gasteiger partial charge in [-0.25, -0.2) is 0 Å². The summed E-state index contributed by atoms with van der Waals surface area (Å²) in [6, 6.07) is 0. The Morgan fingerprint density at radius 1 is 1.30 bits per heavy atom. The summed E-state index contributed by atoms with van der Waals surface area (Å²) in [5.41, 5.74) is 0. The summed E-state index contributed by atoms with van der Waals surface area (Å²) in [4.78, 5) is 12.7. The molecule has 1 saturated heterocycles. The molecular weight excluding hydrogens is 275 g/mol. The van der Waals surface area contributed by atoms with E-state index in [1.54, 1.807) is 0 Å². The van der Waals surface area contributed by atoms with E-state index < -0.39 is 18.8 Å². The Balaban J connectivity index is 2.01. The van der Waals surface area contributed by atoms with E-state index in [0.717, 1.165) is 38.9 Å². The molecule has 0 bridgehead atoms. The molecule has 0 aliphatic carbocycles. The van der Waals surface area contributed by atoms with Crippen molar-refractivity contribution in [2.24, 2.45) is 5.92 Å². The van der Waals surface area contributed by atoms with E-state index in [1.165, 1.54) is 0 Å². The third-order valence-corrected chi connectivity index (χ3v) is 3.50. The largest absolute Gasteiger partial charge is 0.481 e. The number of piperidine rings is 1. The van der Waals surface area contributed by atoms with Gasteiger partial charge in [-0.2, -0.15) is 13.2 Å². The number of halogens is 3. The minimum Gasteiger partial charge on any atom is -0.481 e. The van der Waals surface area contributed by atoms with Gasteiger partial charge in [-0.05, 0) is 44.7 Å². The van der Waals surface area contributed by atoms with Gasteiger partial charge < -0.3 is 14.7 Å². The van der Waals surface area contributed by atoms with Crippen LogP contribution < -0.4 is 0 Å². The van der Waals surface area contributed by atoms with Crippen LogP contribution in [-0.4, -0.2) is 55.0 Å². The van der Waals surface area contributed by atoms with Crippen LogP contribution in [0.3, 0.4) is 0 Å². The van der Waals surface area contributed by atoms with Crippen LogP contribution >= 0.6 is 0 Å². The van der Waals surface area contributed by atoms with Crippen molar-refractivity contribution >= 4 is 5.97 Å². The number of carboxylic acids is 1. The van der Waals surface area contributed by atoms with Crippen LogP contribution in [0, 0.1) is 5.92 Å². The number of hydrogen-bond acceptors (Lipinski definition) is 3. The second-order valence-corrected chi connectivity index (χ2v) is 5.24. The van der Waals surface area contributed by atoms with Crippen molar-refractivity contribution in [2.75, 3.05) is 32.8 Å². The number of alkyl halides is 3. The highest BCUT2D eigenvalue weighted by Crippen LogP contribution is 2.22. The first-order valence-electron chi connectivity index (χ1n) is 6.95. The fourth-order valence-corrected chi connectivity index (χ4v) is 2.40. The highest BCUT2D eigenvalue weighted by Gasteiger charge is 2.27. The summed E-state index contributed by atoms with van der Waals surface area (Å²) in [6.45, 7) is 1.47. The molecule has 1 rings (SSSR count). The number of carboxylic acid groups (broad SMARTS) is 1. The Morgan fingerprint density at radius 2 is 1.95 bits per heavy atom. The molecule has 118 valence electrons. The molecule has 7 heteroatoms. The second-order valence-electron chi connectivity index (χ2n) is 5.24. The lowest BCUT2D eigenvalue weighted by Crippen LogP contribution is -2.35. The monoisotopic (exact) mass is 297 g/mol. The maximum atomic E-state index is 11.8. The smallest absolute Gasteiger partial charge is 0.411 e. The van der Waals surface area contributed by atoms with Crippen LogP contribution in [0.5, 0.6) is 0 Å². The average Bonchev–Trinajstić information content (AvgIpc) is 2.36. The first-order valence-corrected chi connectivity index (χ1v) is 6.95. The molecule has 1 heterocycles. The maximum absolute atomic E-state index is 11.8. The lowest BCUT2D eigenvalue weighted by atomic mass is 9.92. The minimum atomic E-state index is -4.25. The average molecular weight is 297 g/mol. The normalized spacial score (nSPS) is 18.4. The zero-order valence-corrected chi connectivity index (χ0v) is 11.5. The number of aliphatic carboxylic acids is 1. The first kappa shape index (κ1) is 17.2. The summed E-state index contributed by atoms with van der Waals surface area (Å²) in [6.07, 6.45) is -0.778. The van der Waals surface area contributed by atoms with Crippen LogP contribution in [0.4, 0.5) is 13.2 Å². The van der Waals surface area contributed by atoms with Crippen LogP contribution in [0.15, 0.2) is 0 Å². The summed E-state index contributed by atoms with van der Waals surface area (Å²) >= 11 is 0. The molecule has 1 aliphatic rings. The topological polar surface area (TPSA) is 49.8 Å². The van der Waals surface area contributed by atoms with Gasteiger partial charge in [0.25, 0.3) is 0 Å². The molecule has 0 unspecified atom stereocenters. The van der Waals surface area contributed by atoms with E-state index in [4.69, 9.17) is 5.11 Å². The molecule has 1 N–H and O–H groups in total. The number of likely N-dealkylation sites (tertiary alicyclic amines) is 1. The molecule has 0 amide bonds. The minimum absolute atomic E-state index is 0.123. The van der Waals surface area contributed by atoms with Crippen LogP contribution in [0.25, 0.3) is 0 Å². The fourth-order valence-electron chi connectivity index (χ4n) is 2.40. The van der Waals surface area contributed by atoms with Gasteiger partial charge in [-0.3, -0.25) is 4.79 Å². The van der Waals surface area contributed by atoms with Gasteiger partial charge in [0.15, 0.2) is 0 Å². The molecule has 1 fully saturated rings. The van der Waals surface area contributed by atoms with Crippen molar-refractivity contribution in [1.29, 1.82) is 0 Å². The molecule has 0 atom stereocenters. The fraction of sp³-hybridized carbons (Fsp3) is 0.923. The maximum Gasteiger partial charge on any atom is 0.411 e. The molecule has 0 spiro atoms. The predicted molar refractivity (Wildman–Crippen MR) is 67.5 cm³/mol. The molecule has 0 saturated carbocycles. The predicted octanol–water partition coefficient (Wildman–Crippen LogP) is 2.53. The van der Waals surface area contributed by atoms with Gasteiger partial charge in [-0.1, -0.05) is 0 Å². The van der Waals surface area contributed by atoms with Crippen molar-refractivity contribution in [3.8, 4) is 0 Å². The van der Waals surface area contributed by atoms with E-state index in [-0.39, 0.29) is 13.0 Å². The third kappa shape index (κ3) is 8.37. The second kappa shape index (κ2) is 8.46. The van der Waals surface area contributed by atoms with Gasteiger partial charge in [0, 0.05) is 19.6 Å². The van der Waals surface area contributed by atoms with E-state index in [2.05, 4.69) is 9.64 Å². The van der Waals surface area contributed by atoms with Gasteiger partial charge in [0.1, 0.15) is 6.61 Å². The number of ether oxygens (including phenoxy) is 1. The van der Waals surface area contributed by atoms with Crippen LogP contribution in [-0.2, 0) is 9.53 Å². The Morgan fingerprint density at radius 3 is 2.50 bits per heavy atom. The number of rotatable bonds is 8. The lowest BCUT2D eigenvalue weighted by molar-refractivity contribution is -0.174. The van der Waals surface area contributed by atoms with E-state index in [9.17, 15) is 18.0 Å². The number of hydrogen-bond donors (Lipinski definition) is 1. The summed E-state index contributed by atoms with van der Waals surface area (Å²) in [5.74, 6) is -0.293. The molecule has 4 nitrogen and oxygen atoms in total. The van der Waals surface area contributed by atoms with Gasteiger partial charge in [-0.15, -0.1) is 0 Å². The van der Waals surface area contributed by atoms with E-state index in [0.29, 0.717) is 12.3 Å². The molecule has 0 aromatic heterocycles. The summed E-state index contributed by atoms with van der Waals surface area (Å²) < 4.78 is 40.1.